The topological polar surface area (TPSA) is 23.8 Å². The molecule has 0 N–H and O–H groups in total. The first-order chi connectivity index (χ1) is 10.4. The van der Waals surface area contributed by atoms with Gasteiger partial charge in [0.15, 0.2) is 0 Å². The molecule has 0 aromatic heterocycles. The molecule has 1 nitrogen and oxygen atoms in total. The second-order valence-electron chi connectivity index (χ2n) is 4.34. The third-order valence-corrected chi connectivity index (χ3v) is 5.49. The number of nitrogens with zero attached hydrogens (tertiary/aromatic N) is 1. The molecule has 0 aliphatic heterocycles. The molecule has 0 amide bonds. The molecule has 0 radical (unpaired) electrons. The average molecular weight is 289 g/mol. The summed E-state index contributed by atoms with van der Waals surface area (Å²) in [6.07, 6.45) is 0. The number of benzene rings is 3. The highest BCUT2D eigenvalue weighted by atomic mass is 31.1. The molecule has 0 fully saturated rings. The Balaban J connectivity index is 0.000000774. The Morgan fingerprint density at radius 3 is 0.952 bits per heavy atom. The lowest BCUT2D eigenvalue weighted by atomic mass is 10.4. The van der Waals surface area contributed by atoms with E-state index in [4.69, 9.17) is 5.26 Å². The van der Waals surface area contributed by atoms with Crippen molar-refractivity contribution in [1.82, 2.24) is 0 Å². The van der Waals surface area contributed by atoms with Gasteiger partial charge in [-0.25, -0.2) is 5.26 Å². The van der Waals surface area contributed by atoms with Gasteiger partial charge in [0.2, 0.25) is 0 Å². The van der Waals surface area contributed by atoms with Gasteiger partial charge in [0.1, 0.15) is 0 Å². The summed E-state index contributed by atoms with van der Waals surface area (Å²) < 4.78 is 0. The molecule has 0 aliphatic carbocycles. The molecule has 0 saturated heterocycles. The summed E-state index contributed by atoms with van der Waals surface area (Å²) in [4.78, 5) is 0. The average Bonchev–Trinajstić information content (AvgIpc) is 2.60. The molecule has 0 saturated carbocycles. The fourth-order valence-corrected chi connectivity index (χ4v) is 4.48. The zero-order chi connectivity index (χ0) is 14.9. The third kappa shape index (κ3) is 3.78. The van der Waals surface area contributed by atoms with Crippen LogP contribution in [0.4, 0.5) is 0 Å². The molecule has 0 bridgehead atoms. The Morgan fingerprint density at radius 2 is 0.714 bits per heavy atom. The van der Waals surface area contributed by atoms with E-state index in [2.05, 4.69) is 97.6 Å². The number of hydrogen-bond donors (Lipinski definition) is 0. The maximum atomic E-state index is 6.50. The second-order valence-corrected chi connectivity index (χ2v) is 6.56. The van der Waals surface area contributed by atoms with E-state index in [-0.39, 0.29) is 0 Å². The summed E-state index contributed by atoms with van der Waals surface area (Å²) >= 11 is 0. The van der Waals surface area contributed by atoms with Crippen LogP contribution in [0.3, 0.4) is 0 Å². The molecule has 3 aromatic rings. The summed E-state index contributed by atoms with van der Waals surface area (Å²) in [7, 11) is -0.446. The van der Waals surface area contributed by atoms with Gasteiger partial charge in [0.25, 0.3) is 0 Å². The van der Waals surface area contributed by atoms with E-state index in [0.717, 1.165) is 0 Å². The molecule has 2 heteroatoms. The van der Waals surface area contributed by atoms with Gasteiger partial charge in [-0.3, -0.25) is 0 Å². The highest BCUT2D eigenvalue weighted by Gasteiger charge is 2.14. The minimum Gasteiger partial charge on any atom is -0.202 e. The molecule has 0 aliphatic rings. The highest BCUT2D eigenvalue weighted by Crippen LogP contribution is 2.32. The maximum Gasteiger partial charge on any atom is 0.0462 e. The monoisotopic (exact) mass is 289 g/mol. The smallest absolute Gasteiger partial charge is 0.0462 e. The van der Waals surface area contributed by atoms with Crippen LogP contribution in [0.1, 0.15) is 0 Å². The Labute approximate surface area is 127 Å². The first-order valence-electron chi connectivity index (χ1n) is 6.66. The number of hydrogen-bond acceptors (Lipinski definition) is 1. The minimum atomic E-state index is -0.446. The number of rotatable bonds is 3. The Hall–Kier alpha value is -2.42. The van der Waals surface area contributed by atoms with E-state index in [1.807, 2.05) is 0 Å². The molecular weight excluding hydrogens is 273 g/mol. The summed E-state index contributed by atoms with van der Waals surface area (Å²) in [5, 5.41) is 10.7. The SMILES string of the molecule is C#N.c1ccc(P(c2ccccc2)c2ccccc2)cc1. The molecule has 0 atom stereocenters. The van der Waals surface area contributed by atoms with Crippen LogP contribution in [-0.4, -0.2) is 0 Å². The van der Waals surface area contributed by atoms with Gasteiger partial charge in [0.05, 0.1) is 0 Å². The van der Waals surface area contributed by atoms with Crippen LogP contribution in [0.25, 0.3) is 0 Å². The van der Waals surface area contributed by atoms with Crippen LogP contribution in [0.15, 0.2) is 91.0 Å². The van der Waals surface area contributed by atoms with Crippen LogP contribution >= 0.6 is 7.92 Å². The van der Waals surface area contributed by atoms with Crippen LogP contribution in [0, 0.1) is 11.8 Å². The predicted octanol–water partition coefficient (Wildman–Crippen LogP) is 3.58. The summed E-state index contributed by atoms with van der Waals surface area (Å²) in [6, 6.07) is 32.3. The Morgan fingerprint density at radius 1 is 0.476 bits per heavy atom. The van der Waals surface area contributed by atoms with Crippen molar-refractivity contribution in [2.24, 2.45) is 0 Å². The fourth-order valence-electron chi connectivity index (χ4n) is 2.18. The lowest BCUT2D eigenvalue weighted by molar-refractivity contribution is 1.58. The van der Waals surface area contributed by atoms with Gasteiger partial charge in [-0.1, -0.05) is 91.0 Å². The van der Waals surface area contributed by atoms with Crippen LogP contribution in [0.5, 0.6) is 0 Å². The van der Waals surface area contributed by atoms with Crippen molar-refractivity contribution < 1.29 is 0 Å². The van der Waals surface area contributed by atoms with Crippen molar-refractivity contribution in [3.63, 3.8) is 0 Å². The largest absolute Gasteiger partial charge is 0.202 e. The Kier molecular flexibility index (Phi) is 5.71. The fraction of sp³-hybridized carbons (Fsp3) is 0. The van der Waals surface area contributed by atoms with Crippen molar-refractivity contribution >= 4 is 23.8 Å². The Bertz CT molecular complexity index is 569. The predicted molar refractivity (Wildman–Crippen MR) is 91.8 cm³/mol. The molecule has 0 heterocycles. The van der Waals surface area contributed by atoms with Gasteiger partial charge in [-0.2, -0.15) is 0 Å². The van der Waals surface area contributed by atoms with Crippen LogP contribution in [-0.2, 0) is 0 Å². The van der Waals surface area contributed by atoms with E-state index < -0.39 is 7.92 Å². The highest BCUT2D eigenvalue weighted by molar-refractivity contribution is 7.79. The maximum absolute atomic E-state index is 6.50. The molecule has 0 spiro atoms. The standard InChI is InChI=1S/C18H15P.CHN/c1-4-10-16(11-5-1)19(17-12-6-2-7-13-17)18-14-8-3-9-15-18;1-2/h1-15H;1H. The molecule has 102 valence electrons. The first kappa shape index (κ1) is 15.0. The van der Waals surface area contributed by atoms with Gasteiger partial charge < -0.3 is 0 Å². The van der Waals surface area contributed by atoms with Crippen molar-refractivity contribution in [1.29, 1.82) is 5.26 Å². The molecule has 3 aromatic carbocycles. The molecule has 21 heavy (non-hydrogen) atoms. The van der Waals surface area contributed by atoms with Crippen molar-refractivity contribution in [2.75, 3.05) is 0 Å². The van der Waals surface area contributed by atoms with Crippen LogP contribution < -0.4 is 15.9 Å². The van der Waals surface area contributed by atoms with Crippen molar-refractivity contribution in [2.45, 2.75) is 0 Å². The van der Waals surface area contributed by atoms with E-state index in [1.165, 1.54) is 15.9 Å². The third-order valence-electron chi connectivity index (χ3n) is 3.04. The zero-order valence-corrected chi connectivity index (χ0v) is 12.5. The normalized spacial score (nSPS) is 9.67. The van der Waals surface area contributed by atoms with E-state index in [1.54, 1.807) is 0 Å². The lowest BCUT2D eigenvalue weighted by Gasteiger charge is -2.18. The molecule has 3 rings (SSSR count). The molecular formula is C19H16NP. The van der Waals surface area contributed by atoms with Gasteiger partial charge >= 0.3 is 0 Å². The van der Waals surface area contributed by atoms with Crippen molar-refractivity contribution in [3.8, 4) is 6.57 Å². The minimum absolute atomic E-state index is 0.446. The van der Waals surface area contributed by atoms with Gasteiger partial charge in [-0.15, -0.1) is 0 Å². The summed E-state index contributed by atoms with van der Waals surface area (Å²) in [5.74, 6) is 0. The first-order valence-corrected chi connectivity index (χ1v) is 8.00. The summed E-state index contributed by atoms with van der Waals surface area (Å²) in [6.45, 7) is 3.50. The van der Waals surface area contributed by atoms with Crippen LogP contribution in [0.2, 0.25) is 0 Å². The second kappa shape index (κ2) is 8.00. The van der Waals surface area contributed by atoms with E-state index >= 15 is 0 Å². The number of nitriles is 1. The van der Waals surface area contributed by atoms with E-state index in [9.17, 15) is 0 Å². The van der Waals surface area contributed by atoms with E-state index in [0.29, 0.717) is 0 Å². The van der Waals surface area contributed by atoms with Gasteiger partial charge in [0, 0.05) is 6.57 Å². The zero-order valence-electron chi connectivity index (χ0n) is 11.6. The van der Waals surface area contributed by atoms with Gasteiger partial charge in [-0.05, 0) is 23.8 Å². The lowest BCUT2D eigenvalue weighted by Crippen LogP contribution is -2.20. The van der Waals surface area contributed by atoms with Crippen molar-refractivity contribution in [3.05, 3.63) is 91.0 Å². The quantitative estimate of drug-likeness (QED) is 0.676. The summed E-state index contributed by atoms with van der Waals surface area (Å²) in [5.41, 5.74) is 0. The molecule has 0 unspecified atom stereocenters.